The van der Waals surface area contributed by atoms with Crippen molar-refractivity contribution in [2.75, 3.05) is 38.1 Å². The molecule has 0 radical (unpaired) electrons. The van der Waals surface area contributed by atoms with Gasteiger partial charge >= 0.3 is 6.03 Å². The largest absolute Gasteiger partial charge is 0.344 e. The average molecular weight is 494 g/mol. The highest BCUT2D eigenvalue weighted by molar-refractivity contribution is 6.31. The van der Waals surface area contributed by atoms with Gasteiger partial charge in [0.2, 0.25) is 5.91 Å². The second-order valence-electron chi connectivity index (χ2n) is 9.53. The minimum atomic E-state index is -0.147. The van der Waals surface area contributed by atoms with E-state index in [0.717, 1.165) is 54.3 Å². The molecule has 2 saturated heterocycles. The molecule has 9 nitrogen and oxygen atoms in total. The molecule has 10 heteroatoms. The van der Waals surface area contributed by atoms with E-state index in [4.69, 9.17) is 11.6 Å². The third-order valence-electron chi connectivity index (χ3n) is 7.16. The molecule has 2 aliphatic heterocycles. The number of carbonyl (C=O) groups excluding carboxylic acids is 2. The van der Waals surface area contributed by atoms with E-state index in [9.17, 15) is 9.59 Å². The third kappa shape index (κ3) is 4.78. The van der Waals surface area contributed by atoms with Gasteiger partial charge in [0.25, 0.3) is 0 Å². The van der Waals surface area contributed by atoms with Crippen LogP contribution in [0.15, 0.2) is 49.2 Å². The number of nitrogens with zero attached hydrogens (tertiary/aromatic N) is 7. The summed E-state index contributed by atoms with van der Waals surface area (Å²) < 4.78 is 1.33. The van der Waals surface area contributed by atoms with Crippen molar-refractivity contribution in [1.29, 1.82) is 0 Å². The van der Waals surface area contributed by atoms with Crippen LogP contribution < -0.4 is 4.90 Å². The fraction of sp³-hybridized carbons (Fsp3) is 0.400. The summed E-state index contributed by atoms with van der Waals surface area (Å²) in [4.78, 5) is 38.9. The van der Waals surface area contributed by atoms with Crippen LogP contribution in [0.5, 0.6) is 0 Å². The number of rotatable bonds is 4. The first-order valence-electron chi connectivity index (χ1n) is 11.7. The van der Waals surface area contributed by atoms with Crippen LogP contribution in [0.4, 0.5) is 10.5 Å². The van der Waals surface area contributed by atoms with Crippen LogP contribution in [0.1, 0.15) is 25.3 Å². The molecule has 1 unspecified atom stereocenters. The van der Waals surface area contributed by atoms with E-state index in [0.29, 0.717) is 18.8 Å². The van der Waals surface area contributed by atoms with E-state index in [2.05, 4.69) is 26.0 Å². The normalized spacial score (nSPS) is 20.0. The molecule has 1 atom stereocenters. The van der Waals surface area contributed by atoms with Crippen molar-refractivity contribution in [3.8, 4) is 11.3 Å². The Labute approximate surface area is 209 Å². The molecule has 2 fully saturated rings. The number of amides is 2. The molecule has 3 aromatic rings. The zero-order chi connectivity index (χ0) is 24.6. The van der Waals surface area contributed by atoms with Gasteiger partial charge in [-0.3, -0.25) is 19.7 Å². The molecule has 4 heterocycles. The van der Waals surface area contributed by atoms with E-state index in [1.54, 1.807) is 38.0 Å². The zero-order valence-electron chi connectivity index (χ0n) is 19.9. The molecule has 0 saturated carbocycles. The Kier molecular flexibility index (Phi) is 6.29. The minimum absolute atomic E-state index is 0.0911. The first-order chi connectivity index (χ1) is 16.8. The number of benzene rings is 1. The zero-order valence-corrected chi connectivity index (χ0v) is 20.6. The summed E-state index contributed by atoms with van der Waals surface area (Å²) in [6.07, 6.45) is 10.2. The molecule has 2 aromatic heterocycles. The van der Waals surface area contributed by atoms with E-state index in [-0.39, 0.29) is 17.4 Å². The summed E-state index contributed by atoms with van der Waals surface area (Å²) >= 11 is 6.62. The van der Waals surface area contributed by atoms with Crippen LogP contribution in [0.2, 0.25) is 5.02 Å². The monoisotopic (exact) mass is 493 g/mol. The van der Waals surface area contributed by atoms with Crippen molar-refractivity contribution in [3.63, 3.8) is 0 Å². The van der Waals surface area contributed by atoms with Crippen LogP contribution in [-0.2, 0) is 11.3 Å². The minimum Gasteiger partial charge on any atom is -0.322 e. The van der Waals surface area contributed by atoms with Gasteiger partial charge in [0.15, 0.2) is 0 Å². The lowest BCUT2D eigenvalue weighted by Crippen LogP contribution is -2.36. The van der Waals surface area contributed by atoms with E-state index < -0.39 is 0 Å². The lowest BCUT2D eigenvalue weighted by Gasteiger charge is -2.25. The number of hydrogen-bond donors (Lipinski definition) is 0. The lowest BCUT2D eigenvalue weighted by molar-refractivity contribution is -0.116. The van der Waals surface area contributed by atoms with Gasteiger partial charge in [0.05, 0.1) is 30.0 Å². The van der Waals surface area contributed by atoms with Gasteiger partial charge in [-0.1, -0.05) is 23.7 Å². The first-order valence-corrected chi connectivity index (χ1v) is 12.1. The Morgan fingerprint density at radius 2 is 1.97 bits per heavy atom. The maximum absolute atomic E-state index is 13.0. The summed E-state index contributed by atoms with van der Waals surface area (Å²) in [5.74, 6) is -0.105. The number of anilines is 1. The lowest BCUT2D eigenvalue weighted by atomic mass is 9.86. The highest BCUT2D eigenvalue weighted by atomic mass is 35.5. The molecule has 182 valence electrons. The van der Waals surface area contributed by atoms with E-state index in [1.807, 2.05) is 17.0 Å². The standard InChI is InChI=1S/C25H28ClN7O2/c1-18(34)30(2)21-12-29-33(15-21)24(35)32-10-6-25(17-32)5-9-31(16-25)14-20-4-3-19(11-22(20)26)23-13-27-7-8-28-23/h3-4,7-8,11-13,15H,5-6,9-10,14,16-17H2,1-2H3. The number of halogens is 1. The van der Waals surface area contributed by atoms with Crippen molar-refractivity contribution in [2.24, 2.45) is 5.41 Å². The Morgan fingerprint density at radius 3 is 2.71 bits per heavy atom. The van der Waals surface area contributed by atoms with Crippen LogP contribution >= 0.6 is 11.6 Å². The summed E-state index contributed by atoms with van der Waals surface area (Å²) in [7, 11) is 1.67. The molecular weight excluding hydrogens is 466 g/mol. The Bertz CT molecular complexity index is 1250. The summed E-state index contributed by atoms with van der Waals surface area (Å²) in [5, 5.41) is 4.91. The molecule has 2 amide bonds. The summed E-state index contributed by atoms with van der Waals surface area (Å²) in [6.45, 7) is 5.57. The average Bonchev–Trinajstić information content (AvgIpc) is 3.61. The van der Waals surface area contributed by atoms with Crippen molar-refractivity contribution >= 4 is 29.2 Å². The highest BCUT2D eigenvalue weighted by Crippen LogP contribution is 2.40. The van der Waals surface area contributed by atoms with Gasteiger partial charge in [-0.05, 0) is 31.0 Å². The van der Waals surface area contributed by atoms with Gasteiger partial charge < -0.3 is 9.80 Å². The van der Waals surface area contributed by atoms with Crippen molar-refractivity contribution in [3.05, 3.63) is 59.8 Å². The second-order valence-corrected chi connectivity index (χ2v) is 9.94. The van der Waals surface area contributed by atoms with Crippen molar-refractivity contribution < 1.29 is 9.59 Å². The summed E-state index contributed by atoms with van der Waals surface area (Å²) in [6, 6.07) is 5.90. The van der Waals surface area contributed by atoms with Gasteiger partial charge in [0.1, 0.15) is 0 Å². The molecule has 1 spiro atoms. The maximum Gasteiger partial charge on any atom is 0.344 e. The van der Waals surface area contributed by atoms with Gasteiger partial charge in [0, 0.05) is 68.5 Å². The molecule has 0 N–H and O–H groups in total. The summed E-state index contributed by atoms with van der Waals surface area (Å²) in [5.41, 5.74) is 3.53. The number of likely N-dealkylation sites (tertiary alicyclic amines) is 2. The number of carbonyl (C=O) groups is 2. The molecule has 0 bridgehead atoms. The molecule has 5 rings (SSSR count). The Morgan fingerprint density at radius 1 is 1.14 bits per heavy atom. The van der Waals surface area contributed by atoms with Gasteiger partial charge in [-0.2, -0.15) is 9.78 Å². The fourth-order valence-electron chi connectivity index (χ4n) is 5.04. The van der Waals surface area contributed by atoms with Crippen LogP contribution in [-0.4, -0.2) is 74.7 Å². The smallest absolute Gasteiger partial charge is 0.322 e. The van der Waals surface area contributed by atoms with Gasteiger partial charge in [-0.25, -0.2) is 4.79 Å². The predicted octanol–water partition coefficient (Wildman–Crippen LogP) is 3.54. The van der Waals surface area contributed by atoms with Crippen molar-refractivity contribution in [2.45, 2.75) is 26.3 Å². The Hall–Kier alpha value is -3.30. The Balaban J connectivity index is 1.21. The number of hydrogen-bond acceptors (Lipinski definition) is 6. The first kappa shape index (κ1) is 23.4. The second kappa shape index (κ2) is 9.39. The molecule has 1 aromatic carbocycles. The quantitative estimate of drug-likeness (QED) is 0.552. The number of aromatic nitrogens is 4. The van der Waals surface area contributed by atoms with Gasteiger partial charge in [-0.15, -0.1) is 0 Å². The predicted molar refractivity (Wildman–Crippen MR) is 133 cm³/mol. The van der Waals surface area contributed by atoms with Crippen molar-refractivity contribution in [1.82, 2.24) is 29.5 Å². The SMILES string of the molecule is CC(=O)N(C)c1cnn(C(=O)N2CCC3(CCN(Cc4ccc(-c5cnccn5)cc4Cl)C3)C2)c1. The van der Waals surface area contributed by atoms with Crippen LogP contribution in [0, 0.1) is 5.41 Å². The van der Waals surface area contributed by atoms with E-state index in [1.165, 1.54) is 16.5 Å². The highest BCUT2D eigenvalue weighted by Gasteiger charge is 2.45. The molecule has 0 aliphatic carbocycles. The van der Waals surface area contributed by atoms with Crippen LogP contribution in [0.3, 0.4) is 0 Å². The fourth-order valence-corrected chi connectivity index (χ4v) is 5.28. The third-order valence-corrected chi connectivity index (χ3v) is 7.51. The van der Waals surface area contributed by atoms with E-state index >= 15 is 0 Å². The topological polar surface area (TPSA) is 87.5 Å². The molecule has 2 aliphatic rings. The molecular formula is C25H28ClN7O2. The maximum atomic E-state index is 13.0. The van der Waals surface area contributed by atoms with Crippen LogP contribution in [0.25, 0.3) is 11.3 Å². The molecule has 35 heavy (non-hydrogen) atoms.